The van der Waals surface area contributed by atoms with Gasteiger partial charge < -0.3 is 10.6 Å². The Bertz CT molecular complexity index is 375. The summed E-state index contributed by atoms with van der Waals surface area (Å²) in [6.07, 6.45) is 3.87. The number of hydrogen-bond acceptors (Lipinski definition) is 2. The lowest BCUT2D eigenvalue weighted by Gasteiger charge is -2.38. The second-order valence-corrected chi connectivity index (χ2v) is 5.62. The SMILES string of the molecule is CC1CCCN(CCc2ccccc2CN)C1C. The Morgan fingerprint density at radius 1 is 1.22 bits per heavy atom. The molecule has 0 bridgehead atoms. The first-order valence-electron chi connectivity index (χ1n) is 7.23. The van der Waals surface area contributed by atoms with Crippen LogP contribution in [0.15, 0.2) is 24.3 Å². The fraction of sp³-hybridized carbons (Fsp3) is 0.625. The monoisotopic (exact) mass is 246 g/mol. The molecule has 0 amide bonds. The lowest BCUT2D eigenvalue weighted by molar-refractivity contribution is 0.115. The van der Waals surface area contributed by atoms with E-state index in [-0.39, 0.29) is 0 Å². The molecule has 0 saturated carbocycles. The average Bonchev–Trinajstić information content (AvgIpc) is 2.41. The number of benzene rings is 1. The van der Waals surface area contributed by atoms with Gasteiger partial charge in [0.2, 0.25) is 0 Å². The number of hydrogen-bond donors (Lipinski definition) is 1. The standard InChI is InChI=1S/C16H26N2/c1-13-6-5-10-18(14(13)2)11-9-15-7-3-4-8-16(15)12-17/h3-4,7-8,13-14H,5-6,9-12,17H2,1-2H3. The van der Waals surface area contributed by atoms with Crippen LogP contribution in [-0.4, -0.2) is 24.0 Å². The van der Waals surface area contributed by atoms with E-state index in [1.165, 1.54) is 37.1 Å². The molecule has 0 spiro atoms. The van der Waals surface area contributed by atoms with Crippen LogP contribution in [0.2, 0.25) is 0 Å². The zero-order chi connectivity index (χ0) is 13.0. The van der Waals surface area contributed by atoms with E-state index in [0.29, 0.717) is 6.54 Å². The molecule has 2 atom stereocenters. The molecule has 0 aliphatic carbocycles. The van der Waals surface area contributed by atoms with Crippen molar-refractivity contribution in [2.75, 3.05) is 13.1 Å². The summed E-state index contributed by atoms with van der Waals surface area (Å²) in [5, 5.41) is 0. The van der Waals surface area contributed by atoms with E-state index in [2.05, 4.69) is 43.0 Å². The van der Waals surface area contributed by atoms with Crippen molar-refractivity contribution in [1.82, 2.24) is 4.90 Å². The summed E-state index contributed by atoms with van der Waals surface area (Å²) < 4.78 is 0. The van der Waals surface area contributed by atoms with Gasteiger partial charge in [0.05, 0.1) is 0 Å². The Balaban J connectivity index is 1.94. The van der Waals surface area contributed by atoms with Crippen LogP contribution in [-0.2, 0) is 13.0 Å². The number of nitrogens with two attached hydrogens (primary N) is 1. The third-order valence-electron chi connectivity index (χ3n) is 4.51. The van der Waals surface area contributed by atoms with Crippen LogP contribution in [0.1, 0.15) is 37.8 Å². The molecular formula is C16H26N2. The van der Waals surface area contributed by atoms with Gasteiger partial charge in [0.15, 0.2) is 0 Å². The maximum absolute atomic E-state index is 5.80. The van der Waals surface area contributed by atoms with Crippen LogP contribution in [0, 0.1) is 5.92 Å². The van der Waals surface area contributed by atoms with E-state index < -0.39 is 0 Å². The van der Waals surface area contributed by atoms with Gasteiger partial charge in [-0.15, -0.1) is 0 Å². The van der Waals surface area contributed by atoms with Crippen molar-refractivity contribution in [2.24, 2.45) is 11.7 Å². The number of rotatable bonds is 4. The first kappa shape index (κ1) is 13.6. The van der Waals surface area contributed by atoms with Gasteiger partial charge in [0, 0.05) is 19.1 Å². The Hall–Kier alpha value is -0.860. The van der Waals surface area contributed by atoms with Crippen molar-refractivity contribution in [3.8, 4) is 0 Å². The van der Waals surface area contributed by atoms with Gasteiger partial charge in [-0.05, 0) is 49.8 Å². The Kier molecular flexibility index (Phi) is 4.79. The molecule has 1 fully saturated rings. The maximum atomic E-state index is 5.80. The molecule has 0 aromatic heterocycles. The largest absolute Gasteiger partial charge is 0.326 e. The summed E-state index contributed by atoms with van der Waals surface area (Å²) in [5.74, 6) is 0.837. The third-order valence-corrected chi connectivity index (χ3v) is 4.51. The summed E-state index contributed by atoms with van der Waals surface area (Å²) >= 11 is 0. The Labute approximate surface area is 111 Å². The van der Waals surface area contributed by atoms with Crippen molar-refractivity contribution in [1.29, 1.82) is 0 Å². The average molecular weight is 246 g/mol. The predicted octanol–water partition coefficient (Wildman–Crippen LogP) is 2.81. The van der Waals surface area contributed by atoms with Crippen molar-refractivity contribution < 1.29 is 0 Å². The topological polar surface area (TPSA) is 29.3 Å². The fourth-order valence-corrected chi connectivity index (χ4v) is 3.00. The van der Waals surface area contributed by atoms with E-state index in [1.807, 2.05) is 0 Å². The normalized spacial score (nSPS) is 25.3. The summed E-state index contributed by atoms with van der Waals surface area (Å²) in [7, 11) is 0. The summed E-state index contributed by atoms with van der Waals surface area (Å²) in [4.78, 5) is 2.64. The van der Waals surface area contributed by atoms with Gasteiger partial charge in [-0.2, -0.15) is 0 Å². The molecule has 1 saturated heterocycles. The molecule has 2 nitrogen and oxygen atoms in total. The summed E-state index contributed by atoms with van der Waals surface area (Å²) in [6.45, 7) is 7.84. The fourth-order valence-electron chi connectivity index (χ4n) is 3.00. The van der Waals surface area contributed by atoms with Crippen LogP contribution in [0.25, 0.3) is 0 Å². The van der Waals surface area contributed by atoms with Gasteiger partial charge >= 0.3 is 0 Å². The predicted molar refractivity (Wildman–Crippen MR) is 77.5 cm³/mol. The maximum Gasteiger partial charge on any atom is 0.0180 e. The van der Waals surface area contributed by atoms with Crippen molar-refractivity contribution in [3.05, 3.63) is 35.4 Å². The lowest BCUT2D eigenvalue weighted by Crippen LogP contribution is -2.43. The second-order valence-electron chi connectivity index (χ2n) is 5.62. The summed E-state index contributed by atoms with van der Waals surface area (Å²) in [5.41, 5.74) is 8.52. The molecular weight excluding hydrogens is 220 g/mol. The van der Waals surface area contributed by atoms with Gasteiger partial charge in [0.1, 0.15) is 0 Å². The van der Waals surface area contributed by atoms with Crippen molar-refractivity contribution in [2.45, 2.75) is 45.7 Å². The molecule has 1 aromatic rings. The van der Waals surface area contributed by atoms with Gasteiger partial charge in [-0.3, -0.25) is 0 Å². The molecule has 18 heavy (non-hydrogen) atoms. The Morgan fingerprint density at radius 2 is 1.94 bits per heavy atom. The summed E-state index contributed by atoms with van der Waals surface area (Å²) in [6, 6.07) is 9.30. The highest BCUT2D eigenvalue weighted by molar-refractivity contribution is 5.27. The first-order valence-corrected chi connectivity index (χ1v) is 7.23. The minimum atomic E-state index is 0.655. The molecule has 1 aliphatic rings. The number of piperidine rings is 1. The van der Waals surface area contributed by atoms with E-state index in [9.17, 15) is 0 Å². The van der Waals surface area contributed by atoms with Gasteiger partial charge in [-0.1, -0.05) is 31.2 Å². The highest BCUT2D eigenvalue weighted by Gasteiger charge is 2.24. The second kappa shape index (κ2) is 6.35. The van der Waals surface area contributed by atoms with Crippen LogP contribution < -0.4 is 5.73 Å². The van der Waals surface area contributed by atoms with E-state index in [4.69, 9.17) is 5.73 Å². The molecule has 2 N–H and O–H groups in total. The van der Waals surface area contributed by atoms with E-state index in [0.717, 1.165) is 18.4 Å². The van der Waals surface area contributed by atoms with Gasteiger partial charge in [0.25, 0.3) is 0 Å². The van der Waals surface area contributed by atoms with E-state index >= 15 is 0 Å². The number of likely N-dealkylation sites (tertiary alicyclic amines) is 1. The van der Waals surface area contributed by atoms with Crippen LogP contribution in [0.4, 0.5) is 0 Å². The van der Waals surface area contributed by atoms with Crippen molar-refractivity contribution >= 4 is 0 Å². The quantitative estimate of drug-likeness (QED) is 0.885. The minimum Gasteiger partial charge on any atom is -0.326 e. The van der Waals surface area contributed by atoms with Crippen LogP contribution >= 0.6 is 0 Å². The molecule has 1 aliphatic heterocycles. The highest BCUT2D eigenvalue weighted by Crippen LogP contribution is 2.23. The Morgan fingerprint density at radius 3 is 2.67 bits per heavy atom. The molecule has 100 valence electrons. The molecule has 2 heteroatoms. The van der Waals surface area contributed by atoms with E-state index in [1.54, 1.807) is 0 Å². The third kappa shape index (κ3) is 3.12. The van der Waals surface area contributed by atoms with Gasteiger partial charge in [-0.25, -0.2) is 0 Å². The minimum absolute atomic E-state index is 0.655. The zero-order valence-electron chi connectivity index (χ0n) is 11.7. The van der Waals surface area contributed by atoms with Crippen molar-refractivity contribution in [3.63, 3.8) is 0 Å². The molecule has 1 heterocycles. The van der Waals surface area contributed by atoms with Crippen LogP contribution in [0.5, 0.6) is 0 Å². The zero-order valence-corrected chi connectivity index (χ0v) is 11.7. The molecule has 1 aromatic carbocycles. The highest BCUT2D eigenvalue weighted by atomic mass is 15.2. The smallest absolute Gasteiger partial charge is 0.0180 e. The molecule has 2 unspecified atom stereocenters. The molecule has 0 radical (unpaired) electrons. The van der Waals surface area contributed by atoms with Crippen LogP contribution in [0.3, 0.4) is 0 Å². The lowest BCUT2D eigenvalue weighted by atomic mass is 9.91. The number of nitrogens with zero attached hydrogens (tertiary/aromatic N) is 1. The molecule has 2 rings (SSSR count). The first-order chi connectivity index (χ1) is 8.72.